The molecule has 0 aliphatic heterocycles. The SMILES string of the molecule is COc1nccnc1C(N)CCOc1ccccc1. The van der Waals surface area contributed by atoms with E-state index in [-0.39, 0.29) is 6.04 Å². The summed E-state index contributed by atoms with van der Waals surface area (Å²) in [5.41, 5.74) is 6.73. The fourth-order valence-corrected chi connectivity index (χ4v) is 1.70. The number of nitrogens with zero attached hydrogens (tertiary/aromatic N) is 2. The Hall–Kier alpha value is -2.14. The van der Waals surface area contributed by atoms with Gasteiger partial charge in [0.1, 0.15) is 11.4 Å². The van der Waals surface area contributed by atoms with E-state index in [0.29, 0.717) is 24.6 Å². The quantitative estimate of drug-likeness (QED) is 0.858. The average molecular weight is 259 g/mol. The van der Waals surface area contributed by atoms with Crippen LogP contribution >= 0.6 is 0 Å². The lowest BCUT2D eigenvalue weighted by Gasteiger charge is -2.13. The number of ether oxygens (including phenoxy) is 2. The Labute approximate surface area is 112 Å². The van der Waals surface area contributed by atoms with Crippen LogP contribution in [-0.2, 0) is 0 Å². The highest BCUT2D eigenvalue weighted by Gasteiger charge is 2.14. The zero-order chi connectivity index (χ0) is 13.5. The topological polar surface area (TPSA) is 70.3 Å². The number of benzene rings is 1. The van der Waals surface area contributed by atoms with E-state index in [9.17, 15) is 0 Å². The summed E-state index contributed by atoms with van der Waals surface area (Å²) in [5, 5.41) is 0. The molecule has 1 unspecified atom stereocenters. The van der Waals surface area contributed by atoms with Gasteiger partial charge in [0, 0.05) is 18.8 Å². The third kappa shape index (κ3) is 3.66. The number of rotatable bonds is 6. The van der Waals surface area contributed by atoms with Gasteiger partial charge in [0.05, 0.1) is 19.8 Å². The lowest BCUT2D eigenvalue weighted by Crippen LogP contribution is -2.17. The zero-order valence-corrected chi connectivity index (χ0v) is 10.8. The molecule has 2 N–H and O–H groups in total. The second-order valence-electron chi connectivity index (χ2n) is 4.01. The zero-order valence-electron chi connectivity index (χ0n) is 10.8. The fraction of sp³-hybridized carbons (Fsp3) is 0.286. The first-order valence-corrected chi connectivity index (χ1v) is 6.09. The number of hydrogen-bond donors (Lipinski definition) is 1. The Morgan fingerprint density at radius 1 is 1.16 bits per heavy atom. The maximum absolute atomic E-state index is 6.07. The van der Waals surface area contributed by atoms with E-state index in [1.165, 1.54) is 0 Å². The van der Waals surface area contributed by atoms with Crippen molar-refractivity contribution in [3.8, 4) is 11.6 Å². The molecule has 0 fully saturated rings. The molecule has 0 aliphatic carbocycles. The molecule has 2 aromatic rings. The van der Waals surface area contributed by atoms with Gasteiger partial charge < -0.3 is 15.2 Å². The van der Waals surface area contributed by atoms with Gasteiger partial charge >= 0.3 is 0 Å². The van der Waals surface area contributed by atoms with Crippen LogP contribution in [0, 0.1) is 0 Å². The molecule has 1 aromatic carbocycles. The number of aromatic nitrogens is 2. The molecule has 1 heterocycles. The van der Waals surface area contributed by atoms with Crippen LogP contribution in [0.15, 0.2) is 42.7 Å². The van der Waals surface area contributed by atoms with Crippen molar-refractivity contribution in [1.29, 1.82) is 0 Å². The highest BCUT2D eigenvalue weighted by molar-refractivity contribution is 5.22. The molecule has 0 radical (unpaired) electrons. The molecule has 0 saturated carbocycles. The summed E-state index contributed by atoms with van der Waals surface area (Å²) >= 11 is 0. The predicted molar refractivity (Wildman–Crippen MR) is 72.1 cm³/mol. The van der Waals surface area contributed by atoms with E-state index in [0.717, 1.165) is 5.75 Å². The largest absolute Gasteiger partial charge is 0.494 e. The molecular weight excluding hydrogens is 242 g/mol. The second-order valence-corrected chi connectivity index (χ2v) is 4.01. The molecule has 19 heavy (non-hydrogen) atoms. The van der Waals surface area contributed by atoms with Crippen LogP contribution in [0.25, 0.3) is 0 Å². The highest BCUT2D eigenvalue weighted by Crippen LogP contribution is 2.20. The maximum atomic E-state index is 6.07. The van der Waals surface area contributed by atoms with Crippen molar-refractivity contribution in [2.45, 2.75) is 12.5 Å². The summed E-state index contributed by atoms with van der Waals surface area (Å²) in [5.74, 6) is 1.30. The summed E-state index contributed by atoms with van der Waals surface area (Å²) in [4.78, 5) is 8.29. The second kappa shape index (κ2) is 6.70. The van der Waals surface area contributed by atoms with Crippen molar-refractivity contribution in [3.05, 3.63) is 48.4 Å². The molecule has 0 aliphatic rings. The molecule has 5 heteroatoms. The minimum atomic E-state index is -0.257. The summed E-state index contributed by atoms with van der Waals surface area (Å²) in [6.45, 7) is 0.519. The molecule has 1 atom stereocenters. The van der Waals surface area contributed by atoms with Crippen LogP contribution in [0.1, 0.15) is 18.2 Å². The van der Waals surface area contributed by atoms with E-state index in [1.54, 1.807) is 19.5 Å². The van der Waals surface area contributed by atoms with Crippen molar-refractivity contribution < 1.29 is 9.47 Å². The first-order valence-electron chi connectivity index (χ1n) is 6.09. The van der Waals surface area contributed by atoms with Gasteiger partial charge in [-0.05, 0) is 12.1 Å². The van der Waals surface area contributed by atoms with E-state index in [4.69, 9.17) is 15.2 Å². The van der Waals surface area contributed by atoms with Gasteiger partial charge in [0.25, 0.3) is 0 Å². The Balaban J connectivity index is 1.89. The van der Waals surface area contributed by atoms with E-state index in [2.05, 4.69) is 9.97 Å². The highest BCUT2D eigenvalue weighted by atomic mass is 16.5. The van der Waals surface area contributed by atoms with Crippen molar-refractivity contribution in [1.82, 2.24) is 9.97 Å². The van der Waals surface area contributed by atoms with Crippen LogP contribution in [0.3, 0.4) is 0 Å². The normalized spacial score (nSPS) is 11.9. The van der Waals surface area contributed by atoms with Crippen molar-refractivity contribution in [2.75, 3.05) is 13.7 Å². The monoisotopic (exact) mass is 259 g/mol. The molecular formula is C14H17N3O2. The number of methoxy groups -OCH3 is 1. The number of para-hydroxylation sites is 1. The average Bonchev–Trinajstić information content (AvgIpc) is 2.48. The van der Waals surface area contributed by atoms with Crippen molar-refractivity contribution in [2.24, 2.45) is 5.73 Å². The summed E-state index contributed by atoms with van der Waals surface area (Å²) in [6.07, 6.45) is 3.83. The van der Waals surface area contributed by atoms with Gasteiger partial charge in [-0.2, -0.15) is 0 Å². The number of nitrogens with two attached hydrogens (primary N) is 1. The Bertz CT molecular complexity index is 505. The van der Waals surface area contributed by atoms with Gasteiger partial charge in [-0.25, -0.2) is 4.98 Å². The van der Waals surface area contributed by atoms with Crippen LogP contribution in [-0.4, -0.2) is 23.7 Å². The smallest absolute Gasteiger partial charge is 0.236 e. The number of hydrogen-bond acceptors (Lipinski definition) is 5. The van der Waals surface area contributed by atoms with Crippen molar-refractivity contribution in [3.63, 3.8) is 0 Å². The van der Waals surface area contributed by atoms with Crippen LogP contribution in [0.4, 0.5) is 0 Å². The van der Waals surface area contributed by atoms with Gasteiger partial charge in [-0.1, -0.05) is 18.2 Å². The molecule has 1 aromatic heterocycles. The molecule has 2 rings (SSSR count). The Morgan fingerprint density at radius 3 is 2.63 bits per heavy atom. The molecule has 0 saturated heterocycles. The van der Waals surface area contributed by atoms with Gasteiger partial charge in [0.15, 0.2) is 0 Å². The molecule has 0 bridgehead atoms. The van der Waals surface area contributed by atoms with Gasteiger partial charge in [-0.15, -0.1) is 0 Å². The van der Waals surface area contributed by atoms with E-state index < -0.39 is 0 Å². The first-order chi connectivity index (χ1) is 9.31. The third-order valence-electron chi connectivity index (χ3n) is 2.68. The lowest BCUT2D eigenvalue weighted by molar-refractivity contribution is 0.294. The predicted octanol–water partition coefficient (Wildman–Crippen LogP) is 1.95. The maximum Gasteiger partial charge on any atom is 0.236 e. The molecule has 0 amide bonds. The van der Waals surface area contributed by atoms with Crippen LogP contribution in [0.2, 0.25) is 0 Å². The summed E-state index contributed by atoms with van der Waals surface area (Å²) in [7, 11) is 1.56. The molecule has 0 spiro atoms. The summed E-state index contributed by atoms with van der Waals surface area (Å²) < 4.78 is 10.7. The molecule has 100 valence electrons. The first kappa shape index (κ1) is 13.3. The van der Waals surface area contributed by atoms with E-state index in [1.807, 2.05) is 30.3 Å². The van der Waals surface area contributed by atoms with Crippen LogP contribution in [0.5, 0.6) is 11.6 Å². The van der Waals surface area contributed by atoms with Crippen molar-refractivity contribution >= 4 is 0 Å². The van der Waals surface area contributed by atoms with E-state index >= 15 is 0 Å². The standard InChI is InChI=1S/C14H17N3O2/c1-18-14-13(16-8-9-17-14)12(15)7-10-19-11-5-3-2-4-6-11/h2-6,8-9,12H,7,10,15H2,1H3. The van der Waals surface area contributed by atoms with Gasteiger partial charge in [-0.3, -0.25) is 4.98 Å². The Morgan fingerprint density at radius 2 is 1.89 bits per heavy atom. The Kier molecular flexibility index (Phi) is 4.69. The third-order valence-corrected chi connectivity index (χ3v) is 2.68. The minimum absolute atomic E-state index is 0.257. The van der Waals surface area contributed by atoms with Gasteiger partial charge in [0.2, 0.25) is 5.88 Å². The fourth-order valence-electron chi connectivity index (χ4n) is 1.70. The summed E-state index contributed by atoms with van der Waals surface area (Å²) in [6, 6.07) is 9.38. The lowest BCUT2D eigenvalue weighted by atomic mass is 10.1. The van der Waals surface area contributed by atoms with Crippen LogP contribution < -0.4 is 15.2 Å². The molecule has 5 nitrogen and oxygen atoms in total. The minimum Gasteiger partial charge on any atom is -0.494 e.